The molecule has 0 atom stereocenters. The molecule has 1 aromatic rings. The Bertz CT molecular complexity index is 449. The zero-order valence-electron chi connectivity index (χ0n) is 9.27. The molecule has 0 spiro atoms. The van der Waals surface area contributed by atoms with Crippen LogP contribution in [0.25, 0.3) is 0 Å². The number of hydrazine groups is 1. The average Bonchev–Trinajstić information content (AvgIpc) is 2.72. The molecule has 1 aliphatic rings. The van der Waals surface area contributed by atoms with E-state index in [9.17, 15) is 4.79 Å². The lowest BCUT2D eigenvalue weighted by atomic mass is 10.1. The molecule has 1 heterocycles. The number of rotatable bonds is 3. The van der Waals surface area contributed by atoms with Gasteiger partial charge in [0.05, 0.1) is 6.54 Å². The van der Waals surface area contributed by atoms with Gasteiger partial charge in [-0.3, -0.25) is 0 Å². The Balaban J connectivity index is 2.24. The monoisotopic (exact) mass is 239 g/mol. The van der Waals surface area contributed by atoms with Gasteiger partial charge in [0.1, 0.15) is 0 Å². The largest absolute Gasteiger partial charge is 0.464 e. The van der Waals surface area contributed by atoms with E-state index >= 15 is 0 Å². The number of nitrogens with zero attached hydrogens (tertiary/aromatic N) is 1. The summed E-state index contributed by atoms with van der Waals surface area (Å²) in [6, 6.07) is 3.32. The highest BCUT2D eigenvalue weighted by atomic mass is 16.7. The number of hydrogen-bond acceptors (Lipinski definition) is 5. The van der Waals surface area contributed by atoms with Crippen LogP contribution in [0, 0.1) is 0 Å². The van der Waals surface area contributed by atoms with Crippen LogP contribution >= 0.6 is 0 Å². The second kappa shape index (κ2) is 4.38. The number of carboxylic acid groups (broad SMARTS) is 1. The molecule has 0 bridgehead atoms. The summed E-state index contributed by atoms with van der Waals surface area (Å²) < 4.78 is 10.4. The average molecular weight is 239 g/mol. The van der Waals surface area contributed by atoms with E-state index in [0.717, 1.165) is 5.01 Å². The maximum atomic E-state index is 10.8. The summed E-state index contributed by atoms with van der Waals surface area (Å²) >= 11 is 0. The van der Waals surface area contributed by atoms with Crippen LogP contribution < -0.4 is 20.6 Å². The van der Waals surface area contributed by atoms with Crippen LogP contribution in [0.3, 0.4) is 0 Å². The topological polar surface area (TPSA) is 97.0 Å². The zero-order chi connectivity index (χ0) is 12.4. The summed E-state index contributed by atoms with van der Waals surface area (Å²) in [5.74, 6) is 1.16. The molecule has 0 fully saturated rings. The molecule has 1 aliphatic heterocycles. The van der Waals surface area contributed by atoms with Crippen molar-refractivity contribution in [3.8, 4) is 11.5 Å². The second-order valence-corrected chi connectivity index (χ2v) is 3.50. The van der Waals surface area contributed by atoms with Crippen LogP contribution in [0.5, 0.6) is 11.5 Å². The molecule has 2 rings (SSSR count). The molecule has 0 aromatic heterocycles. The van der Waals surface area contributed by atoms with Crippen LogP contribution in [-0.4, -0.2) is 30.0 Å². The van der Waals surface area contributed by atoms with Gasteiger partial charge in [-0.05, 0) is 6.07 Å². The molecule has 17 heavy (non-hydrogen) atoms. The lowest BCUT2D eigenvalue weighted by Crippen LogP contribution is -2.38. The first-order valence-corrected chi connectivity index (χ1v) is 4.97. The third-order valence-electron chi connectivity index (χ3n) is 2.46. The van der Waals surface area contributed by atoms with Gasteiger partial charge in [-0.2, -0.15) is 0 Å². The van der Waals surface area contributed by atoms with Crippen molar-refractivity contribution in [2.24, 2.45) is 0 Å². The van der Waals surface area contributed by atoms with Gasteiger partial charge in [0.25, 0.3) is 0 Å². The Labute approximate surface area is 97.7 Å². The lowest BCUT2D eigenvalue weighted by Gasteiger charge is -2.18. The fraction of sp³-hybridized carbons (Fsp3) is 0.300. The van der Waals surface area contributed by atoms with Gasteiger partial charge in [0.2, 0.25) is 6.79 Å². The quantitative estimate of drug-likeness (QED) is 0.528. The third kappa shape index (κ3) is 2.18. The first kappa shape index (κ1) is 11.3. The van der Waals surface area contributed by atoms with Crippen LogP contribution in [0.1, 0.15) is 5.56 Å². The number of hydrogen-bond donors (Lipinski definition) is 3. The van der Waals surface area contributed by atoms with Crippen molar-refractivity contribution in [3.05, 3.63) is 17.7 Å². The molecule has 0 saturated heterocycles. The van der Waals surface area contributed by atoms with E-state index in [2.05, 4.69) is 5.43 Å². The first-order valence-electron chi connectivity index (χ1n) is 4.97. The smallest absolute Gasteiger partial charge is 0.422 e. The fourth-order valence-corrected chi connectivity index (χ4v) is 1.55. The van der Waals surface area contributed by atoms with E-state index in [4.69, 9.17) is 20.3 Å². The summed E-state index contributed by atoms with van der Waals surface area (Å²) in [4.78, 5) is 10.8. The molecule has 92 valence electrons. The number of ether oxygens (including phenoxy) is 2. The number of amides is 1. The minimum Gasteiger partial charge on any atom is -0.464 e. The van der Waals surface area contributed by atoms with Gasteiger partial charge in [0.15, 0.2) is 11.5 Å². The summed E-state index contributed by atoms with van der Waals surface area (Å²) in [5.41, 5.74) is 9.49. The van der Waals surface area contributed by atoms with E-state index in [0.29, 0.717) is 22.7 Å². The third-order valence-corrected chi connectivity index (χ3v) is 2.46. The number of benzene rings is 1. The van der Waals surface area contributed by atoms with Crippen molar-refractivity contribution in [1.82, 2.24) is 10.4 Å². The van der Waals surface area contributed by atoms with Gasteiger partial charge in [-0.25, -0.2) is 15.2 Å². The van der Waals surface area contributed by atoms with E-state index < -0.39 is 6.09 Å². The van der Waals surface area contributed by atoms with Gasteiger partial charge in [-0.1, -0.05) is 0 Å². The Morgan fingerprint density at radius 2 is 2.18 bits per heavy atom. The minimum absolute atomic E-state index is 0.133. The van der Waals surface area contributed by atoms with Crippen molar-refractivity contribution in [2.75, 3.05) is 19.6 Å². The normalized spacial score (nSPS) is 12.5. The van der Waals surface area contributed by atoms with E-state index in [1.165, 1.54) is 7.05 Å². The predicted octanol–water partition coefficient (Wildman–Crippen LogP) is 0.612. The molecule has 7 nitrogen and oxygen atoms in total. The molecule has 0 saturated carbocycles. The summed E-state index contributed by atoms with van der Waals surface area (Å²) in [5, 5.41) is 9.91. The lowest BCUT2D eigenvalue weighted by molar-refractivity contribution is 0.122. The van der Waals surface area contributed by atoms with Gasteiger partial charge in [0, 0.05) is 24.4 Å². The van der Waals surface area contributed by atoms with Crippen molar-refractivity contribution in [1.29, 1.82) is 0 Å². The maximum absolute atomic E-state index is 10.8. The van der Waals surface area contributed by atoms with Crippen LogP contribution in [0.2, 0.25) is 0 Å². The van der Waals surface area contributed by atoms with E-state index in [1.807, 2.05) is 0 Å². The van der Waals surface area contributed by atoms with Gasteiger partial charge >= 0.3 is 6.09 Å². The van der Waals surface area contributed by atoms with Crippen LogP contribution in [0.4, 0.5) is 10.5 Å². The van der Waals surface area contributed by atoms with Crippen LogP contribution in [-0.2, 0) is 6.54 Å². The van der Waals surface area contributed by atoms with Crippen molar-refractivity contribution >= 4 is 11.8 Å². The Morgan fingerprint density at radius 1 is 1.53 bits per heavy atom. The van der Waals surface area contributed by atoms with E-state index in [1.54, 1.807) is 12.1 Å². The Hall–Kier alpha value is -2.15. The Morgan fingerprint density at radius 3 is 2.76 bits per heavy atom. The highest BCUT2D eigenvalue weighted by molar-refractivity contribution is 5.65. The summed E-state index contributed by atoms with van der Waals surface area (Å²) in [6.45, 7) is 0.293. The fourth-order valence-electron chi connectivity index (χ4n) is 1.55. The maximum Gasteiger partial charge on any atom is 0.422 e. The summed E-state index contributed by atoms with van der Waals surface area (Å²) in [7, 11) is 1.53. The molecule has 0 aliphatic carbocycles. The molecular formula is C10H13N3O4. The van der Waals surface area contributed by atoms with Gasteiger partial charge in [-0.15, -0.1) is 0 Å². The highest BCUT2D eigenvalue weighted by Gasteiger charge is 2.18. The number of fused-ring (bicyclic) bond motifs is 1. The molecule has 1 amide bonds. The molecule has 1 aromatic carbocycles. The number of nitrogens with two attached hydrogens (primary N) is 1. The highest BCUT2D eigenvalue weighted by Crippen LogP contribution is 2.36. The molecular weight excluding hydrogens is 226 g/mol. The van der Waals surface area contributed by atoms with Crippen LogP contribution in [0.15, 0.2) is 12.1 Å². The minimum atomic E-state index is -1.08. The number of anilines is 1. The second-order valence-electron chi connectivity index (χ2n) is 3.50. The molecule has 0 radical (unpaired) electrons. The predicted molar refractivity (Wildman–Crippen MR) is 59.6 cm³/mol. The molecule has 4 N–H and O–H groups in total. The van der Waals surface area contributed by atoms with Crippen molar-refractivity contribution in [2.45, 2.75) is 6.54 Å². The van der Waals surface area contributed by atoms with Gasteiger partial charge < -0.3 is 20.3 Å². The Kier molecular flexibility index (Phi) is 2.92. The summed E-state index contributed by atoms with van der Waals surface area (Å²) in [6.07, 6.45) is -1.08. The zero-order valence-corrected chi connectivity index (χ0v) is 9.27. The molecule has 7 heteroatoms. The molecule has 0 unspecified atom stereocenters. The SMILES string of the molecule is CNN(Cc1cc2c(cc1N)OCO2)C(=O)O. The van der Waals surface area contributed by atoms with E-state index in [-0.39, 0.29) is 13.3 Å². The number of carbonyl (C=O) groups is 1. The first-order chi connectivity index (χ1) is 8.11. The number of nitrogens with one attached hydrogen (secondary N) is 1. The van der Waals surface area contributed by atoms with Crippen molar-refractivity contribution in [3.63, 3.8) is 0 Å². The van der Waals surface area contributed by atoms with Crippen molar-refractivity contribution < 1.29 is 19.4 Å². The standard InChI is InChI=1S/C10H13N3O4/c1-12-13(10(14)15)4-6-2-8-9(3-7(6)11)17-5-16-8/h2-3,12H,4-5,11H2,1H3,(H,14,15). The number of nitrogen functional groups attached to an aromatic ring is 1.